The van der Waals surface area contributed by atoms with E-state index in [0.29, 0.717) is 35.1 Å². The molecule has 0 bridgehead atoms. The number of nitrogens with zero attached hydrogens (tertiary/aromatic N) is 3. The van der Waals surface area contributed by atoms with Crippen LogP contribution >= 0.6 is 11.3 Å². The smallest absolute Gasteiger partial charge is 0.325 e. The quantitative estimate of drug-likeness (QED) is 0.595. The highest BCUT2D eigenvalue weighted by molar-refractivity contribution is 7.16. The fourth-order valence-corrected chi connectivity index (χ4v) is 4.13. The molecule has 0 atom stereocenters. The van der Waals surface area contributed by atoms with Crippen molar-refractivity contribution < 1.29 is 23.8 Å². The largest absolute Gasteiger partial charge is 0.486 e. The molecule has 0 spiro atoms. The Balaban J connectivity index is 1.80. The Hall–Kier alpha value is -3.33. The van der Waals surface area contributed by atoms with Crippen LogP contribution in [0, 0.1) is 0 Å². The molecule has 0 saturated carbocycles. The number of ether oxygens (including phenoxy) is 3. The normalized spacial score (nSPS) is 13.4. The van der Waals surface area contributed by atoms with Crippen molar-refractivity contribution in [3.8, 4) is 11.5 Å². The summed E-state index contributed by atoms with van der Waals surface area (Å²) in [6.45, 7) is 0.866. The van der Waals surface area contributed by atoms with E-state index in [1.807, 2.05) is 37.2 Å². The number of aromatic nitrogens is 1. The molecule has 1 aromatic heterocycles. The number of carbonyl (C=O) groups is 2. The molecule has 1 amide bonds. The van der Waals surface area contributed by atoms with Gasteiger partial charge in [0.05, 0.1) is 17.3 Å². The highest BCUT2D eigenvalue weighted by atomic mass is 32.1. The number of benzene rings is 2. The lowest BCUT2D eigenvalue weighted by molar-refractivity contribution is -0.141. The number of carbonyl (C=O) groups excluding carboxylic acids is 2. The second-order valence-corrected chi connectivity index (χ2v) is 7.88. The molecular weight excluding hydrogens is 406 g/mol. The summed E-state index contributed by atoms with van der Waals surface area (Å²) in [6, 6.07) is 10.8. The molecule has 0 N–H and O–H groups in total. The molecule has 2 aromatic carbocycles. The summed E-state index contributed by atoms with van der Waals surface area (Å²) >= 11 is 1.30. The first-order chi connectivity index (χ1) is 14.5. The van der Waals surface area contributed by atoms with Gasteiger partial charge in [0.2, 0.25) is 0 Å². The molecule has 1 aliphatic rings. The van der Waals surface area contributed by atoms with Gasteiger partial charge in [0.15, 0.2) is 16.3 Å². The van der Waals surface area contributed by atoms with Gasteiger partial charge in [-0.3, -0.25) is 9.59 Å². The fraction of sp³-hybridized carbons (Fsp3) is 0.286. The Kier molecular flexibility index (Phi) is 5.45. The predicted molar refractivity (Wildman–Crippen MR) is 113 cm³/mol. The second-order valence-electron chi connectivity index (χ2n) is 6.87. The van der Waals surface area contributed by atoms with Crippen LogP contribution in [-0.4, -0.2) is 50.9 Å². The molecule has 0 radical (unpaired) electrons. The van der Waals surface area contributed by atoms with Gasteiger partial charge < -0.3 is 23.7 Å². The number of hydrogen-bond donors (Lipinski definition) is 0. The molecule has 0 fully saturated rings. The minimum absolute atomic E-state index is 0.0676. The zero-order chi connectivity index (χ0) is 21.3. The van der Waals surface area contributed by atoms with Crippen LogP contribution in [0.25, 0.3) is 10.2 Å². The number of esters is 1. The van der Waals surface area contributed by atoms with Crippen molar-refractivity contribution >= 4 is 39.1 Å². The third-order valence-electron chi connectivity index (χ3n) is 4.69. The van der Waals surface area contributed by atoms with Crippen molar-refractivity contribution in [3.05, 3.63) is 46.8 Å². The van der Waals surface area contributed by atoms with Crippen LogP contribution in [0.1, 0.15) is 10.4 Å². The summed E-state index contributed by atoms with van der Waals surface area (Å²) in [5, 5.41) is 0. The van der Waals surface area contributed by atoms with Gasteiger partial charge in [-0.05, 0) is 24.3 Å². The van der Waals surface area contributed by atoms with Crippen LogP contribution in [0.4, 0.5) is 5.69 Å². The van der Waals surface area contributed by atoms with Gasteiger partial charge in [-0.25, -0.2) is 0 Å². The van der Waals surface area contributed by atoms with Crippen LogP contribution in [0.5, 0.6) is 11.5 Å². The molecule has 3 aromatic rings. The number of rotatable bonds is 4. The summed E-state index contributed by atoms with van der Waals surface area (Å²) < 4.78 is 18.6. The summed E-state index contributed by atoms with van der Waals surface area (Å²) in [7, 11) is 5.19. The number of amides is 1. The van der Waals surface area contributed by atoms with E-state index >= 15 is 0 Å². The number of fused-ring (bicyclic) bond motifs is 2. The summed E-state index contributed by atoms with van der Waals surface area (Å²) in [6.07, 6.45) is 0. The van der Waals surface area contributed by atoms with E-state index in [1.165, 1.54) is 18.4 Å². The maximum Gasteiger partial charge on any atom is 0.325 e. The van der Waals surface area contributed by atoms with E-state index in [9.17, 15) is 9.59 Å². The van der Waals surface area contributed by atoms with Crippen molar-refractivity contribution in [1.29, 1.82) is 0 Å². The van der Waals surface area contributed by atoms with Gasteiger partial charge in [-0.1, -0.05) is 11.3 Å². The highest BCUT2D eigenvalue weighted by Crippen LogP contribution is 2.35. The average molecular weight is 427 g/mol. The van der Waals surface area contributed by atoms with Crippen LogP contribution in [0.3, 0.4) is 0 Å². The lowest BCUT2D eigenvalue weighted by Gasteiger charge is -2.18. The molecule has 2 heterocycles. The molecule has 30 heavy (non-hydrogen) atoms. The molecular formula is C21H21N3O5S. The Morgan fingerprint density at radius 3 is 2.43 bits per heavy atom. The maximum atomic E-state index is 12.8. The lowest BCUT2D eigenvalue weighted by atomic mass is 10.2. The molecule has 0 aliphatic carbocycles. The summed E-state index contributed by atoms with van der Waals surface area (Å²) in [4.78, 5) is 31.4. The topological polar surface area (TPSA) is 82.4 Å². The van der Waals surface area contributed by atoms with E-state index in [4.69, 9.17) is 14.2 Å². The number of thiazole rings is 1. The van der Waals surface area contributed by atoms with Gasteiger partial charge in [0, 0.05) is 37.5 Å². The van der Waals surface area contributed by atoms with Crippen molar-refractivity contribution in [2.24, 2.45) is 4.99 Å². The van der Waals surface area contributed by atoms with Crippen LogP contribution in [-0.2, 0) is 16.1 Å². The molecule has 156 valence electrons. The van der Waals surface area contributed by atoms with E-state index in [0.717, 1.165) is 15.9 Å². The number of methoxy groups -OCH3 is 1. The Morgan fingerprint density at radius 1 is 1.13 bits per heavy atom. The monoisotopic (exact) mass is 427 g/mol. The number of anilines is 1. The van der Waals surface area contributed by atoms with Crippen molar-refractivity contribution in [1.82, 2.24) is 4.57 Å². The molecule has 1 aliphatic heterocycles. The van der Waals surface area contributed by atoms with Gasteiger partial charge in [-0.15, -0.1) is 0 Å². The second kappa shape index (κ2) is 8.19. The Morgan fingerprint density at radius 2 is 1.80 bits per heavy atom. The van der Waals surface area contributed by atoms with E-state index in [2.05, 4.69) is 4.99 Å². The third-order valence-corrected chi connectivity index (χ3v) is 5.73. The Labute approximate surface area is 176 Å². The average Bonchev–Trinajstić information content (AvgIpc) is 3.07. The third kappa shape index (κ3) is 3.88. The molecule has 8 nitrogen and oxygen atoms in total. The number of hydrogen-bond acceptors (Lipinski definition) is 7. The zero-order valence-corrected chi connectivity index (χ0v) is 17.7. The van der Waals surface area contributed by atoms with Crippen LogP contribution in [0.2, 0.25) is 0 Å². The minimum atomic E-state index is -0.436. The van der Waals surface area contributed by atoms with Crippen LogP contribution < -0.4 is 19.2 Å². The first-order valence-corrected chi connectivity index (χ1v) is 10.1. The van der Waals surface area contributed by atoms with E-state index in [-0.39, 0.29) is 12.5 Å². The van der Waals surface area contributed by atoms with Gasteiger partial charge in [0.25, 0.3) is 5.91 Å². The predicted octanol–water partition coefficient (Wildman–Crippen LogP) is 2.45. The summed E-state index contributed by atoms with van der Waals surface area (Å²) in [5.74, 6) is 0.413. The van der Waals surface area contributed by atoms with Crippen molar-refractivity contribution in [2.45, 2.75) is 6.54 Å². The minimum Gasteiger partial charge on any atom is -0.486 e. The molecule has 4 rings (SSSR count). The standard InChI is InChI=1S/C21H21N3O5S/c1-23(2)14-6-4-13(5-7-14)20(26)22-21-24(12-19(25)27-3)15-10-16-17(11-18(15)30-21)29-9-8-28-16/h4-7,10-11H,8-9,12H2,1-3H3. The first-order valence-electron chi connectivity index (χ1n) is 9.32. The highest BCUT2D eigenvalue weighted by Gasteiger charge is 2.18. The van der Waals surface area contributed by atoms with Crippen LogP contribution in [0.15, 0.2) is 41.4 Å². The SMILES string of the molecule is COC(=O)Cn1c(=NC(=O)c2ccc(N(C)C)cc2)sc2cc3c(cc21)OCCO3. The van der Waals surface area contributed by atoms with E-state index < -0.39 is 5.97 Å². The van der Waals surface area contributed by atoms with E-state index in [1.54, 1.807) is 22.8 Å². The van der Waals surface area contributed by atoms with Gasteiger partial charge in [0.1, 0.15) is 19.8 Å². The van der Waals surface area contributed by atoms with Gasteiger partial charge >= 0.3 is 5.97 Å². The zero-order valence-electron chi connectivity index (χ0n) is 16.9. The molecule has 0 unspecified atom stereocenters. The fourth-order valence-electron chi connectivity index (χ4n) is 3.09. The molecule has 9 heteroatoms. The molecule has 0 saturated heterocycles. The van der Waals surface area contributed by atoms with Crippen molar-refractivity contribution in [3.63, 3.8) is 0 Å². The first kappa shape index (κ1) is 20.0. The lowest BCUT2D eigenvalue weighted by Crippen LogP contribution is -2.22. The maximum absolute atomic E-state index is 12.8. The summed E-state index contributed by atoms with van der Waals surface area (Å²) in [5.41, 5.74) is 2.18. The Bertz CT molecular complexity index is 1180. The van der Waals surface area contributed by atoms with Crippen molar-refractivity contribution in [2.75, 3.05) is 39.3 Å². The van der Waals surface area contributed by atoms with Gasteiger partial charge in [-0.2, -0.15) is 4.99 Å².